The zero-order chi connectivity index (χ0) is 35.7. The van der Waals surface area contributed by atoms with E-state index >= 15 is 0 Å². The van der Waals surface area contributed by atoms with Crippen LogP contribution in [0.3, 0.4) is 0 Å². The molecule has 267 valence electrons. The van der Waals surface area contributed by atoms with E-state index in [1.54, 1.807) is 38.5 Å². The number of rotatable bonds is 23. The topological polar surface area (TPSA) is 163 Å². The van der Waals surface area contributed by atoms with Crippen LogP contribution >= 0.6 is 43.2 Å². The summed E-state index contributed by atoms with van der Waals surface area (Å²) < 4.78 is 35.0. The van der Waals surface area contributed by atoms with Gasteiger partial charge >= 0.3 is 0 Å². The molecule has 1 aromatic carbocycles. The van der Waals surface area contributed by atoms with Crippen LogP contribution in [0.1, 0.15) is 30.6 Å². The number of nitrogens with two attached hydrogens (primary N) is 1. The number of carbonyl (C=O) groups is 2. The summed E-state index contributed by atoms with van der Waals surface area (Å²) in [6.45, 7) is 5.40. The number of nitriles is 1. The van der Waals surface area contributed by atoms with Gasteiger partial charge in [-0.1, -0.05) is 50.3 Å². The summed E-state index contributed by atoms with van der Waals surface area (Å²) in [5.74, 6) is 11.6. The van der Waals surface area contributed by atoms with E-state index in [1.165, 1.54) is 43.2 Å². The largest absolute Gasteiger partial charge is 0.490 e. The molecule has 3 unspecified atom stereocenters. The number of nitrogens with one attached hydrogen (secondary N) is 2. The molecule has 49 heavy (non-hydrogen) atoms. The zero-order valence-corrected chi connectivity index (χ0v) is 31.4. The number of nitrogens with zero attached hydrogens (tertiary/aromatic N) is 1. The molecule has 1 aliphatic heterocycles. The number of ether oxygens (including phenoxy) is 6. The van der Waals surface area contributed by atoms with Crippen molar-refractivity contribution >= 4 is 62.3 Å². The first-order valence-corrected chi connectivity index (χ1v) is 20.7. The Hall–Kier alpha value is -2.21. The molecular weight excluding hydrogens is 707 g/mol. The fourth-order valence-electron chi connectivity index (χ4n) is 4.14. The number of amides is 2. The summed E-state index contributed by atoms with van der Waals surface area (Å²) in [5.41, 5.74) is 5.01. The molecule has 0 saturated carbocycles. The van der Waals surface area contributed by atoms with Crippen molar-refractivity contribution in [1.29, 1.82) is 5.26 Å². The average Bonchev–Trinajstić information content (AvgIpc) is 3.49. The van der Waals surface area contributed by atoms with Crippen LogP contribution in [0.2, 0.25) is 0 Å². The second kappa shape index (κ2) is 26.6. The molecule has 0 aromatic heterocycles. The highest BCUT2D eigenvalue weighted by Crippen LogP contribution is 2.31. The lowest BCUT2D eigenvalue weighted by atomic mass is 9.71. The molecule has 4 N–H and O–H groups in total. The van der Waals surface area contributed by atoms with Crippen molar-refractivity contribution in [2.24, 2.45) is 5.73 Å². The van der Waals surface area contributed by atoms with Gasteiger partial charge in [-0.05, 0) is 61.8 Å². The van der Waals surface area contributed by atoms with E-state index < -0.39 is 5.44 Å². The molecule has 1 radical (unpaired) electrons. The van der Waals surface area contributed by atoms with Crippen molar-refractivity contribution in [3.63, 3.8) is 0 Å². The van der Waals surface area contributed by atoms with Gasteiger partial charge in [0.15, 0.2) is 5.44 Å². The van der Waals surface area contributed by atoms with Gasteiger partial charge in [0.2, 0.25) is 5.91 Å². The molecule has 1 fully saturated rings. The molecule has 0 aliphatic carbocycles. The first kappa shape index (κ1) is 43.0. The van der Waals surface area contributed by atoms with Gasteiger partial charge in [0, 0.05) is 24.7 Å². The smallest absolute Gasteiger partial charge is 0.251 e. The average molecular weight is 752 g/mol. The van der Waals surface area contributed by atoms with Gasteiger partial charge in [-0.15, -0.1) is 5.92 Å². The van der Waals surface area contributed by atoms with Crippen LogP contribution in [0.5, 0.6) is 5.75 Å². The third kappa shape index (κ3) is 18.6. The van der Waals surface area contributed by atoms with Crippen molar-refractivity contribution < 1.29 is 38.0 Å². The minimum atomic E-state index is -0.630. The quantitative estimate of drug-likeness (QED) is 0.0492. The Bertz CT molecular complexity index is 1310. The van der Waals surface area contributed by atoms with Gasteiger partial charge in [0.25, 0.3) is 13.2 Å². The lowest BCUT2D eigenvalue weighted by Crippen LogP contribution is -2.32. The minimum absolute atomic E-state index is 0.133. The van der Waals surface area contributed by atoms with Crippen molar-refractivity contribution in [2.45, 2.75) is 55.5 Å². The summed E-state index contributed by atoms with van der Waals surface area (Å²) >= 11 is 0. The molecule has 2 amide bonds. The standard InChI is InChI=1S/C32H44BN4O8S4/c1-5-8-23(2)42-20-27-26(45-30(19-35)48-46-3)18-28(44-27)33-11-7-13-36-29(38)21-40-15-16-41-31(49-47-4)22-43-25-10-6-9-24(17-25)32(39)37-14-12-34/h6,9-10,17,23,26-28,30-31H,12-16,18,20-22,34H2,1-4H3,(H,36,38)(H,37,39)/t23?,26-,27?,28-,30-,31?/m1/s1. The van der Waals surface area contributed by atoms with Crippen molar-refractivity contribution in [3.05, 3.63) is 29.8 Å². The summed E-state index contributed by atoms with van der Waals surface area (Å²) in [6, 6.07) is 8.74. The third-order valence-electron chi connectivity index (χ3n) is 6.30. The molecule has 1 saturated heterocycles. The summed E-state index contributed by atoms with van der Waals surface area (Å²) in [5, 5.41) is 14.9. The molecule has 1 aromatic rings. The molecule has 1 aliphatic rings. The summed E-state index contributed by atoms with van der Waals surface area (Å²) in [7, 11) is 7.56. The van der Waals surface area contributed by atoms with E-state index in [4.69, 9.17) is 34.2 Å². The normalized spacial score (nSPS) is 18.4. The fraction of sp³-hybridized carbons (Fsp3) is 0.594. The molecule has 0 spiro atoms. The highest BCUT2D eigenvalue weighted by atomic mass is 33.1. The first-order valence-electron chi connectivity index (χ1n) is 15.5. The molecule has 17 heteroatoms. The van der Waals surface area contributed by atoms with Crippen LogP contribution in [0.4, 0.5) is 0 Å². The highest BCUT2D eigenvalue weighted by Gasteiger charge is 2.38. The maximum Gasteiger partial charge on any atom is 0.251 e. The van der Waals surface area contributed by atoms with Crippen molar-refractivity contribution in [2.75, 3.05) is 65.2 Å². The van der Waals surface area contributed by atoms with Crippen LogP contribution < -0.4 is 21.1 Å². The lowest BCUT2D eigenvalue weighted by Gasteiger charge is -2.21. The van der Waals surface area contributed by atoms with E-state index in [0.29, 0.717) is 30.8 Å². The molecule has 0 bridgehead atoms. The molecular formula is C32H44BN4O8S4. The van der Waals surface area contributed by atoms with Gasteiger partial charge in [0.05, 0.1) is 32.5 Å². The minimum Gasteiger partial charge on any atom is -0.490 e. The first-order chi connectivity index (χ1) is 23.8. The molecule has 1 heterocycles. The van der Waals surface area contributed by atoms with E-state index in [1.807, 2.05) is 19.4 Å². The lowest BCUT2D eigenvalue weighted by molar-refractivity contribution is -0.126. The van der Waals surface area contributed by atoms with E-state index in [-0.39, 0.29) is 81.1 Å². The summed E-state index contributed by atoms with van der Waals surface area (Å²) in [4.78, 5) is 24.4. The Morgan fingerprint density at radius 3 is 2.73 bits per heavy atom. The number of hydrogen-bond donors (Lipinski definition) is 3. The van der Waals surface area contributed by atoms with E-state index in [0.717, 1.165) is 0 Å². The maximum absolute atomic E-state index is 12.2. The second-order valence-corrected chi connectivity index (χ2v) is 15.1. The Kier molecular flexibility index (Phi) is 23.3. The van der Waals surface area contributed by atoms with Crippen LogP contribution in [0, 0.1) is 34.9 Å². The van der Waals surface area contributed by atoms with Gasteiger partial charge in [-0.25, -0.2) is 0 Å². The third-order valence-corrected chi connectivity index (χ3v) is 9.89. The molecule has 2 rings (SSSR count). The van der Waals surface area contributed by atoms with Gasteiger partial charge < -0.3 is 44.8 Å². The predicted molar refractivity (Wildman–Crippen MR) is 199 cm³/mol. The molecule has 12 nitrogen and oxygen atoms in total. The maximum atomic E-state index is 12.2. The van der Waals surface area contributed by atoms with Crippen LogP contribution in [0.25, 0.3) is 0 Å². The fourth-order valence-corrected chi connectivity index (χ4v) is 6.80. The predicted octanol–water partition coefficient (Wildman–Crippen LogP) is 2.70. The van der Waals surface area contributed by atoms with Crippen LogP contribution in [-0.2, 0) is 28.5 Å². The van der Waals surface area contributed by atoms with Crippen LogP contribution in [-0.4, -0.2) is 119 Å². The SMILES string of the molecule is CC#CC(C)OCC1O[C@@H]([B]C#CCNC(=O)COCCOC(COc2cccc(C(=O)NCCN)c2)SSC)C[C@H]1O[C@@H](C#N)SSC. The molecule has 6 atom stereocenters. The number of hydrogen-bond acceptors (Lipinski definition) is 14. The highest BCUT2D eigenvalue weighted by molar-refractivity contribution is 8.77. The Labute approximate surface area is 306 Å². The Balaban J connectivity index is 1.68. The van der Waals surface area contributed by atoms with Gasteiger partial charge in [-0.2, -0.15) is 11.1 Å². The number of carbonyl (C=O) groups excluding carboxylic acids is 2. The monoisotopic (exact) mass is 751 g/mol. The zero-order valence-electron chi connectivity index (χ0n) is 28.1. The second-order valence-electron chi connectivity index (χ2n) is 9.98. The van der Waals surface area contributed by atoms with Gasteiger partial charge in [-0.3, -0.25) is 9.59 Å². The van der Waals surface area contributed by atoms with E-state index in [9.17, 15) is 14.9 Å². The summed E-state index contributed by atoms with van der Waals surface area (Å²) in [6.07, 6.45) is 3.39. The van der Waals surface area contributed by atoms with Crippen LogP contribution in [0.15, 0.2) is 24.3 Å². The Morgan fingerprint density at radius 2 is 2.00 bits per heavy atom. The van der Waals surface area contributed by atoms with Crippen molar-refractivity contribution in [1.82, 2.24) is 10.6 Å². The van der Waals surface area contributed by atoms with E-state index in [2.05, 4.69) is 40.3 Å². The number of benzene rings is 1. The van der Waals surface area contributed by atoms with Crippen molar-refractivity contribution in [3.8, 4) is 35.4 Å². The Morgan fingerprint density at radius 1 is 1.18 bits per heavy atom. The van der Waals surface area contributed by atoms with Gasteiger partial charge in [0.1, 0.15) is 42.7 Å².